The van der Waals surface area contributed by atoms with Crippen LogP contribution in [0.3, 0.4) is 0 Å². The molecule has 0 bridgehead atoms. The van der Waals surface area contributed by atoms with Crippen LogP contribution in [0.25, 0.3) is 10.9 Å². The number of likely N-dealkylation sites (tertiary alicyclic amines) is 1. The van der Waals surface area contributed by atoms with Crippen LogP contribution in [-0.2, 0) is 16.6 Å². The predicted octanol–water partition coefficient (Wildman–Crippen LogP) is 3.87. The maximum Gasteiger partial charge on any atom is 0.357 e. The summed E-state index contributed by atoms with van der Waals surface area (Å²) in [4.78, 5) is 27.8. The smallest absolute Gasteiger partial charge is 0.357 e. The van der Waals surface area contributed by atoms with E-state index in [4.69, 9.17) is 4.74 Å². The van der Waals surface area contributed by atoms with Gasteiger partial charge < -0.3 is 14.6 Å². The van der Waals surface area contributed by atoms with Gasteiger partial charge in [0, 0.05) is 18.5 Å². The SMILES string of the molecule is CCOC(=O)c1c(NC(=O)CN2CCCCC2CC)c2cc(C)ccc2n1C. The molecular formula is C22H31N3O3. The Balaban J connectivity index is 1.92. The van der Waals surface area contributed by atoms with Gasteiger partial charge in [-0.05, 0) is 51.8 Å². The van der Waals surface area contributed by atoms with Gasteiger partial charge in [0.05, 0.1) is 24.4 Å². The van der Waals surface area contributed by atoms with E-state index < -0.39 is 5.97 Å². The Labute approximate surface area is 166 Å². The molecule has 1 N–H and O–H groups in total. The topological polar surface area (TPSA) is 63.6 Å². The summed E-state index contributed by atoms with van der Waals surface area (Å²) < 4.78 is 7.06. The zero-order valence-corrected chi connectivity index (χ0v) is 17.4. The minimum absolute atomic E-state index is 0.0834. The van der Waals surface area contributed by atoms with Crippen molar-refractivity contribution in [1.82, 2.24) is 9.47 Å². The van der Waals surface area contributed by atoms with Crippen LogP contribution in [-0.4, -0.2) is 47.1 Å². The van der Waals surface area contributed by atoms with Crippen LogP contribution in [0.1, 0.15) is 55.6 Å². The van der Waals surface area contributed by atoms with Crippen LogP contribution in [0.2, 0.25) is 0 Å². The maximum atomic E-state index is 12.9. The molecule has 28 heavy (non-hydrogen) atoms. The lowest BCUT2D eigenvalue weighted by atomic mass is 10.00. The van der Waals surface area contributed by atoms with Gasteiger partial charge in [-0.1, -0.05) is 25.0 Å². The van der Waals surface area contributed by atoms with Crippen molar-refractivity contribution in [2.24, 2.45) is 7.05 Å². The van der Waals surface area contributed by atoms with E-state index in [0.717, 1.165) is 42.3 Å². The van der Waals surface area contributed by atoms with Gasteiger partial charge in [0.2, 0.25) is 5.91 Å². The fourth-order valence-corrected chi connectivity index (χ4v) is 4.22. The molecule has 1 saturated heterocycles. The average molecular weight is 386 g/mol. The molecule has 1 atom stereocenters. The number of carbonyl (C=O) groups is 2. The van der Waals surface area contributed by atoms with Crippen molar-refractivity contribution in [3.63, 3.8) is 0 Å². The molecule has 1 unspecified atom stereocenters. The number of nitrogens with one attached hydrogen (secondary N) is 1. The minimum atomic E-state index is -0.418. The second-order valence-corrected chi connectivity index (χ2v) is 7.60. The molecule has 0 aliphatic carbocycles. The lowest BCUT2D eigenvalue weighted by molar-refractivity contribution is -0.118. The summed E-state index contributed by atoms with van der Waals surface area (Å²) >= 11 is 0. The lowest BCUT2D eigenvalue weighted by Crippen LogP contribution is -2.43. The Hall–Kier alpha value is -2.34. The molecule has 0 saturated carbocycles. The van der Waals surface area contributed by atoms with Crippen LogP contribution in [0.4, 0.5) is 5.69 Å². The third-order valence-electron chi connectivity index (χ3n) is 5.66. The fraction of sp³-hybridized carbons (Fsp3) is 0.545. The first kappa shape index (κ1) is 20.4. The van der Waals surface area contributed by atoms with Crippen LogP contribution in [0, 0.1) is 6.92 Å². The Bertz CT molecular complexity index is 872. The number of aromatic nitrogens is 1. The fourth-order valence-electron chi connectivity index (χ4n) is 4.22. The Morgan fingerprint density at radius 1 is 1.25 bits per heavy atom. The summed E-state index contributed by atoms with van der Waals surface area (Å²) in [5, 5.41) is 3.90. The molecule has 2 heterocycles. The highest BCUT2D eigenvalue weighted by Gasteiger charge is 2.26. The number of fused-ring (bicyclic) bond motifs is 1. The van der Waals surface area contributed by atoms with Crippen molar-refractivity contribution >= 4 is 28.5 Å². The predicted molar refractivity (Wildman–Crippen MR) is 112 cm³/mol. The molecule has 2 aromatic rings. The Morgan fingerprint density at radius 3 is 2.75 bits per heavy atom. The number of rotatable bonds is 6. The second kappa shape index (κ2) is 8.78. The quantitative estimate of drug-likeness (QED) is 0.767. The molecule has 0 radical (unpaired) electrons. The van der Waals surface area contributed by atoms with Gasteiger partial charge >= 0.3 is 5.97 Å². The monoisotopic (exact) mass is 385 g/mol. The van der Waals surface area contributed by atoms with E-state index in [1.807, 2.05) is 32.2 Å². The maximum absolute atomic E-state index is 12.9. The Kier molecular flexibility index (Phi) is 6.39. The number of piperidine rings is 1. The number of hydrogen-bond acceptors (Lipinski definition) is 4. The third-order valence-corrected chi connectivity index (χ3v) is 5.66. The van der Waals surface area contributed by atoms with Gasteiger partial charge in [-0.25, -0.2) is 4.79 Å². The Morgan fingerprint density at radius 2 is 2.04 bits per heavy atom. The van der Waals surface area contributed by atoms with Crippen molar-refractivity contribution in [3.8, 4) is 0 Å². The normalized spacial score (nSPS) is 17.6. The number of hydrogen-bond donors (Lipinski definition) is 1. The van der Waals surface area contributed by atoms with Crippen molar-refractivity contribution in [1.29, 1.82) is 0 Å². The van der Waals surface area contributed by atoms with E-state index >= 15 is 0 Å². The van der Waals surface area contributed by atoms with E-state index in [1.54, 1.807) is 11.5 Å². The number of nitrogens with zero attached hydrogens (tertiary/aromatic N) is 2. The summed E-state index contributed by atoms with van der Waals surface area (Å²) in [6, 6.07) is 6.44. The first-order valence-corrected chi connectivity index (χ1v) is 10.3. The van der Waals surface area contributed by atoms with Crippen LogP contribution in [0.5, 0.6) is 0 Å². The van der Waals surface area contributed by atoms with Crippen LogP contribution < -0.4 is 5.32 Å². The number of aryl methyl sites for hydroxylation is 2. The van der Waals surface area contributed by atoms with E-state index in [9.17, 15) is 9.59 Å². The zero-order valence-electron chi connectivity index (χ0n) is 17.4. The van der Waals surface area contributed by atoms with Gasteiger partial charge in [-0.15, -0.1) is 0 Å². The molecule has 0 spiro atoms. The van der Waals surface area contributed by atoms with Crippen molar-refractivity contribution in [2.45, 2.75) is 52.5 Å². The molecule has 1 aromatic heterocycles. The largest absolute Gasteiger partial charge is 0.461 e. The van der Waals surface area contributed by atoms with Crippen molar-refractivity contribution in [3.05, 3.63) is 29.5 Å². The molecule has 1 aliphatic heterocycles. The number of amides is 1. The zero-order chi connectivity index (χ0) is 20.3. The first-order valence-electron chi connectivity index (χ1n) is 10.3. The third kappa shape index (κ3) is 4.07. The highest BCUT2D eigenvalue weighted by Crippen LogP contribution is 2.32. The number of benzene rings is 1. The number of carbonyl (C=O) groups excluding carboxylic acids is 2. The van der Waals surface area contributed by atoms with Crippen molar-refractivity contribution in [2.75, 3.05) is 25.0 Å². The van der Waals surface area contributed by atoms with Gasteiger partial charge in [-0.3, -0.25) is 9.69 Å². The van der Waals surface area contributed by atoms with E-state index in [0.29, 0.717) is 30.6 Å². The molecule has 1 amide bonds. The minimum Gasteiger partial charge on any atom is -0.461 e. The summed E-state index contributed by atoms with van der Waals surface area (Å²) in [5.74, 6) is -0.501. The van der Waals surface area contributed by atoms with E-state index in [1.165, 1.54) is 6.42 Å². The molecule has 1 fully saturated rings. The van der Waals surface area contributed by atoms with Crippen LogP contribution >= 0.6 is 0 Å². The number of anilines is 1. The number of ether oxygens (including phenoxy) is 1. The first-order chi connectivity index (χ1) is 13.5. The summed E-state index contributed by atoms with van der Waals surface area (Å²) in [7, 11) is 1.83. The molecule has 6 nitrogen and oxygen atoms in total. The molecule has 1 aliphatic rings. The molecule has 1 aromatic carbocycles. The van der Waals surface area contributed by atoms with E-state index in [-0.39, 0.29) is 5.91 Å². The van der Waals surface area contributed by atoms with Gasteiger partial charge in [0.25, 0.3) is 0 Å². The highest BCUT2D eigenvalue weighted by molar-refractivity contribution is 6.11. The summed E-state index contributed by atoms with van der Waals surface area (Å²) in [5.41, 5.74) is 2.91. The summed E-state index contributed by atoms with van der Waals surface area (Å²) in [6.45, 7) is 7.55. The lowest BCUT2D eigenvalue weighted by Gasteiger charge is -2.34. The van der Waals surface area contributed by atoms with Crippen LogP contribution in [0.15, 0.2) is 18.2 Å². The standard InChI is InChI=1S/C22H31N3O3/c1-5-16-9-7-8-12-25(16)14-19(26)23-20-17-13-15(3)10-11-18(17)24(4)21(20)22(27)28-6-2/h10-11,13,16H,5-9,12,14H2,1-4H3,(H,23,26). The molecular weight excluding hydrogens is 354 g/mol. The summed E-state index contributed by atoms with van der Waals surface area (Å²) in [6.07, 6.45) is 4.55. The molecule has 152 valence electrons. The van der Waals surface area contributed by atoms with Gasteiger partial charge in [0.1, 0.15) is 0 Å². The van der Waals surface area contributed by atoms with E-state index in [2.05, 4.69) is 17.1 Å². The molecule has 6 heteroatoms. The molecule has 3 rings (SSSR count). The van der Waals surface area contributed by atoms with Gasteiger partial charge in [0.15, 0.2) is 5.69 Å². The van der Waals surface area contributed by atoms with Crippen molar-refractivity contribution < 1.29 is 14.3 Å². The average Bonchev–Trinajstić information content (AvgIpc) is 2.93. The van der Waals surface area contributed by atoms with Gasteiger partial charge in [-0.2, -0.15) is 0 Å². The highest BCUT2D eigenvalue weighted by atomic mass is 16.5. The second-order valence-electron chi connectivity index (χ2n) is 7.60. The number of esters is 1.